The number of hydrogen-bond acceptors (Lipinski definition) is 3. The molecule has 4 nitrogen and oxygen atoms in total. The first-order valence-electron chi connectivity index (χ1n) is 4.43. The van der Waals surface area contributed by atoms with Crippen molar-refractivity contribution in [2.45, 2.75) is 6.92 Å². The number of nitrogens with one attached hydrogen (secondary N) is 1. The van der Waals surface area contributed by atoms with Crippen LogP contribution in [0.4, 0.5) is 10.3 Å². The molecule has 0 amide bonds. The topological polar surface area (TPSA) is 42.2 Å². The van der Waals surface area contributed by atoms with Gasteiger partial charge in [0.15, 0.2) is 5.65 Å². The van der Waals surface area contributed by atoms with Crippen molar-refractivity contribution < 1.29 is 4.39 Å². The average Bonchev–Trinajstić information content (AvgIpc) is 2.59. The molecule has 2 heterocycles. The van der Waals surface area contributed by atoms with E-state index in [-0.39, 0.29) is 6.54 Å². The summed E-state index contributed by atoms with van der Waals surface area (Å²) in [4.78, 5) is 4.19. The SMILES string of the molecule is Cc1cccc2nc(NCCF)nn12. The normalized spacial score (nSPS) is 10.7. The number of aromatic nitrogens is 3. The van der Waals surface area contributed by atoms with Crippen molar-refractivity contribution in [2.24, 2.45) is 0 Å². The van der Waals surface area contributed by atoms with Crippen LogP contribution in [0.25, 0.3) is 5.65 Å². The van der Waals surface area contributed by atoms with Gasteiger partial charge in [0.1, 0.15) is 6.67 Å². The van der Waals surface area contributed by atoms with E-state index >= 15 is 0 Å². The summed E-state index contributed by atoms with van der Waals surface area (Å²) < 4.78 is 13.6. The summed E-state index contributed by atoms with van der Waals surface area (Å²) in [5.74, 6) is 0.469. The minimum atomic E-state index is -0.422. The fraction of sp³-hybridized carbons (Fsp3) is 0.333. The maximum absolute atomic E-state index is 11.9. The molecule has 0 aromatic carbocycles. The van der Waals surface area contributed by atoms with Crippen molar-refractivity contribution in [1.29, 1.82) is 0 Å². The minimum Gasteiger partial charge on any atom is -0.350 e. The van der Waals surface area contributed by atoms with Crippen molar-refractivity contribution in [3.8, 4) is 0 Å². The first-order valence-corrected chi connectivity index (χ1v) is 4.43. The first kappa shape index (κ1) is 8.93. The van der Waals surface area contributed by atoms with Crippen LogP contribution in [0.1, 0.15) is 5.69 Å². The zero-order chi connectivity index (χ0) is 9.97. The molecule has 0 bridgehead atoms. The van der Waals surface area contributed by atoms with E-state index in [2.05, 4.69) is 15.4 Å². The van der Waals surface area contributed by atoms with E-state index in [9.17, 15) is 4.39 Å². The van der Waals surface area contributed by atoms with Crippen LogP contribution in [0.15, 0.2) is 18.2 Å². The van der Waals surface area contributed by atoms with Crippen LogP contribution in [0.2, 0.25) is 0 Å². The fourth-order valence-corrected chi connectivity index (χ4v) is 1.27. The van der Waals surface area contributed by atoms with E-state index in [4.69, 9.17) is 0 Å². The molecule has 14 heavy (non-hydrogen) atoms. The molecular weight excluding hydrogens is 183 g/mol. The van der Waals surface area contributed by atoms with Crippen molar-refractivity contribution in [3.63, 3.8) is 0 Å². The highest BCUT2D eigenvalue weighted by Gasteiger charge is 2.02. The number of rotatable bonds is 3. The Labute approximate surface area is 80.8 Å². The Kier molecular flexibility index (Phi) is 2.30. The maximum Gasteiger partial charge on any atom is 0.243 e. The molecule has 2 aromatic heterocycles. The average molecular weight is 194 g/mol. The van der Waals surface area contributed by atoms with Gasteiger partial charge >= 0.3 is 0 Å². The van der Waals surface area contributed by atoms with E-state index < -0.39 is 6.67 Å². The predicted octanol–water partition coefficient (Wildman–Crippen LogP) is 1.42. The third-order valence-corrected chi connectivity index (χ3v) is 1.93. The highest BCUT2D eigenvalue weighted by Crippen LogP contribution is 2.07. The molecule has 74 valence electrons. The van der Waals surface area contributed by atoms with Crippen LogP contribution in [-0.2, 0) is 0 Å². The predicted molar refractivity (Wildman–Crippen MR) is 52.2 cm³/mol. The number of anilines is 1. The molecule has 5 heteroatoms. The van der Waals surface area contributed by atoms with Crippen LogP contribution in [0, 0.1) is 6.92 Å². The van der Waals surface area contributed by atoms with Gasteiger partial charge in [0.05, 0.1) is 0 Å². The third-order valence-electron chi connectivity index (χ3n) is 1.93. The molecule has 0 fully saturated rings. The lowest BCUT2D eigenvalue weighted by Crippen LogP contribution is -2.04. The van der Waals surface area contributed by atoms with Crippen molar-refractivity contribution >= 4 is 11.6 Å². The quantitative estimate of drug-likeness (QED) is 0.803. The molecule has 0 atom stereocenters. The molecule has 0 aliphatic heterocycles. The summed E-state index contributed by atoms with van der Waals surface area (Å²) >= 11 is 0. The molecular formula is C9H11FN4. The van der Waals surface area contributed by atoms with Gasteiger partial charge < -0.3 is 5.32 Å². The number of halogens is 1. The second kappa shape index (κ2) is 3.61. The zero-order valence-electron chi connectivity index (χ0n) is 7.87. The minimum absolute atomic E-state index is 0.246. The van der Waals surface area contributed by atoms with Gasteiger partial charge in [-0.2, -0.15) is 4.98 Å². The Morgan fingerprint density at radius 1 is 1.50 bits per heavy atom. The molecule has 0 aliphatic rings. The Balaban J connectivity index is 2.36. The van der Waals surface area contributed by atoms with Crippen LogP contribution in [0.5, 0.6) is 0 Å². The van der Waals surface area contributed by atoms with E-state index in [1.54, 1.807) is 4.52 Å². The standard InChI is InChI=1S/C9H11FN4/c1-7-3-2-4-8-12-9(11-6-5-10)13-14(7)8/h2-4H,5-6H2,1H3,(H,11,13). The van der Waals surface area contributed by atoms with Gasteiger partial charge in [0.2, 0.25) is 5.95 Å². The molecule has 0 radical (unpaired) electrons. The highest BCUT2D eigenvalue weighted by atomic mass is 19.1. The lowest BCUT2D eigenvalue weighted by atomic mass is 10.4. The van der Waals surface area contributed by atoms with Gasteiger partial charge in [-0.05, 0) is 19.1 Å². The van der Waals surface area contributed by atoms with Gasteiger partial charge in [-0.15, -0.1) is 5.10 Å². The van der Waals surface area contributed by atoms with Crippen LogP contribution < -0.4 is 5.32 Å². The Hall–Kier alpha value is -1.65. The van der Waals surface area contributed by atoms with Crippen LogP contribution >= 0.6 is 0 Å². The van der Waals surface area contributed by atoms with E-state index in [1.165, 1.54) is 0 Å². The molecule has 2 aromatic rings. The number of pyridine rings is 1. The molecule has 0 spiro atoms. The molecule has 0 saturated carbocycles. The monoisotopic (exact) mass is 194 g/mol. The fourth-order valence-electron chi connectivity index (χ4n) is 1.27. The Morgan fingerprint density at radius 3 is 3.07 bits per heavy atom. The molecule has 1 N–H and O–H groups in total. The second-order valence-corrected chi connectivity index (χ2v) is 2.99. The smallest absolute Gasteiger partial charge is 0.243 e. The number of fused-ring (bicyclic) bond motifs is 1. The van der Waals surface area contributed by atoms with Crippen molar-refractivity contribution in [3.05, 3.63) is 23.9 Å². The van der Waals surface area contributed by atoms with Gasteiger partial charge in [0.25, 0.3) is 0 Å². The summed E-state index contributed by atoms with van der Waals surface area (Å²) in [5, 5.41) is 6.97. The molecule has 2 rings (SSSR count). The van der Waals surface area contributed by atoms with E-state index in [0.29, 0.717) is 5.95 Å². The highest BCUT2D eigenvalue weighted by molar-refractivity contribution is 5.44. The van der Waals surface area contributed by atoms with Gasteiger partial charge in [-0.25, -0.2) is 8.91 Å². The summed E-state index contributed by atoms with van der Waals surface area (Å²) in [7, 11) is 0. The number of alkyl halides is 1. The van der Waals surface area contributed by atoms with E-state index in [0.717, 1.165) is 11.3 Å². The first-order chi connectivity index (χ1) is 6.81. The summed E-state index contributed by atoms with van der Waals surface area (Å²) in [6.07, 6.45) is 0. The summed E-state index contributed by atoms with van der Waals surface area (Å²) in [6.45, 7) is 1.77. The van der Waals surface area contributed by atoms with Crippen molar-refractivity contribution in [1.82, 2.24) is 14.6 Å². The largest absolute Gasteiger partial charge is 0.350 e. The summed E-state index contributed by atoms with van der Waals surface area (Å²) in [6, 6.07) is 5.72. The Bertz CT molecular complexity index is 437. The van der Waals surface area contributed by atoms with Crippen molar-refractivity contribution in [2.75, 3.05) is 18.5 Å². The van der Waals surface area contributed by atoms with Gasteiger partial charge in [0, 0.05) is 12.2 Å². The Morgan fingerprint density at radius 2 is 2.36 bits per heavy atom. The number of hydrogen-bond donors (Lipinski definition) is 1. The molecule has 0 saturated heterocycles. The van der Waals surface area contributed by atoms with Crippen LogP contribution in [0.3, 0.4) is 0 Å². The van der Waals surface area contributed by atoms with Crippen LogP contribution in [-0.4, -0.2) is 27.8 Å². The van der Waals surface area contributed by atoms with E-state index in [1.807, 2.05) is 25.1 Å². The molecule has 0 aliphatic carbocycles. The maximum atomic E-state index is 11.9. The number of aryl methyl sites for hydroxylation is 1. The van der Waals surface area contributed by atoms with Gasteiger partial charge in [-0.1, -0.05) is 6.07 Å². The third kappa shape index (κ3) is 1.53. The zero-order valence-corrected chi connectivity index (χ0v) is 7.87. The lowest BCUT2D eigenvalue weighted by molar-refractivity contribution is 0.512. The van der Waals surface area contributed by atoms with Gasteiger partial charge in [-0.3, -0.25) is 0 Å². The summed E-state index contributed by atoms with van der Waals surface area (Å²) in [5.41, 5.74) is 1.77. The lowest BCUT2D eigenvalue weighted by Gasteiger charge is -1.95. The molecule has 0 unspecified atom stereocenters. The second-order valence-electron chi connectivity index (χ2n) is 2.99. The number of nitrogens with zero attached hydrogens (tertiary/aromatic N) is 3.